The van der Waals surface area contributed by atoms with Gasteiger partial charge in [0.2, 0.25) is 15.8 Å². The predicted octanol–water partition coefficient (Wildman–Crippen LogP) is 2.89. The molecular formula is C22H21N3O5S. The molecule has 8 nitrogen and oxygen atoms in total. The van der Waals surface area contributed by atoms with E-state index in [0.717, 1.165) is 5.52 Å². The van der Waals surface area contributed by atoms with Gasteiger partial charge in [-0.3, -0.25) is 4.79 Å². The van der Waals surface area contributed by atoms with Crippen LogP contribution in [0.5, 0.6) is 0 Å². The molecule has 1 aromatic heterocycles. The molecule has 31 heavy (non-hydrogen) atoms. The van der Waals surface area contributed by atoms with Crippen LogP contribution in [0.2, 0.25) is 0 Å². The highest BCUT2D eigenvalue weighted by Crippen LogP contribution is 2.22. The molecule has 0 spiro atoms. The van der Waals surface area contributed by atoms with Gasteiger partial charge in [0.1, 0.15) is 0 Å². The third kappa shape index (κ3) is 4.99. The molecule has 0 bridgehead atoms. The Bertz CT molecular complexity index is 1270. The van der Waals surface area contributed by atoms with Gasteiger partial charge < -0.3 is 9.30 Å². The fraction of sp³-hybridized carbons (Fsp3) is 0.227. The van der Waals surface area contributed by atoms with Crippen LogP contribution in [-0.2, 0) is 21.3 Å². The highest BCUT2D eigenvalue weighted by molar-refractivity contribution is 7.89. The number of aromatic nitrogens is 1. The molecule has 9 heteroatoms. The molecule has 0 aliphatic carbocycles. The minimum Gasteiger partial charge on any atom is -0.454 e. The summed E-state index contributed by atoms with van der Waals surface area (Å²) in [6, 6.07) is 14.8. The summed E-state index contributed by atoms with van der Waals surface area (Å²) in [5, 5.41) is 9.55. The van der Waals surface area contributed by atoms with Gasteiger partial charge in [-0.25, -0.2) is 17.9 Å². The number of ether oxygens (including phenoxy) is 1. The number of nitrogens with one attached hydrogen (secondary N) is 1. The molecule has 0 aliphatic rings. The number of nitriles is 1. The van der Waals surface area contributed by atoms with E-state index in [1.807, 2.05) is 16.7 Å². The van der Waals surface area contributed by atoms with Gasteiger partial charge in [-0.1, -0.05) is 31.2 Å². The molecule has 160 valence electrons. The van der Waals surface area contributed by atoms with Crippen LogP contribution in [0.1, 0.15) is 34.1 Å². The molecule has 2 aromatic carbocycles. The van der Waals surface area contributed by atoms with E-state index in [1.54, 1.807) is 25.3 Å². The zero-order chi connectivity index (χ0) is 22.4. The summed E-state index contributed by atoms with van der Waals surface area (Å²) < 4.78 is 33.6. The number of hydrogen-bond donors (Lipinski definition) is 1. The zero-order valence-electron chi connectivity index (χ0n) is 16.9. The minimum absolute atomic E-state index is 0.0308. The Morgan fingerprint density at radius 3 is 2.68 bits per heavy atom. The minimum atomic E-state index is -3.72. The smallest absolute Gasteiger partial charge is 0.338 e. The average molecular weight is 439 g/mol. The van der Waals surface area contributed by atoms with E-state index in [-0.39, 0.29) is 17.0 Å². The molecule has 1 heterocycles. The van der Waals surface area contributed by atoms with Crippen molar-refractivity contribution < 1.29 is 22.7 Å². The van der Waals surface area contributed by atoms with Gasteiger partial charge in [-0.15, -0.1) is 0 Å². The molecule has 0 saturated heterocycles. The van der Waals surface area contributed by atoms with Crippen molar-refractivity contribution in [3.63, 3.8) is 0 Å². The van der Waals surface area contributed by atoms with Crippen molar-refractivity contribution in [1.29, 1.82) is 5.26 Å². The summed E-state index contributed by atoms with van der Waals surface area (Å²) >= 11 is 0. The van der Waals surface area contributed by atoms with E-state index in [0.29, 0.717) is 23.9 Å². The normalized spacial score (nSPS) is 11.2. The number of benzene rings is 2. The summed E-state index contributed by atoms with van der Waals surface area (Å²) in [4.78, 5) is 25.1. The van der Waals surface area contributed by atoms with Crippen molar-refractivity contribution >= 4 is 32.7 Å². The van der Waals surface area contributed by atoms with Gasteiger partial charge in [0.25, 0.3) is 0 Å². The zero-order valence-corrected chi connectivity index (χ0v) is 17.7. The molecule has 0 amide bonds. The summed E-state index contributed by atoms with van der Waals surface area (Å²) in [5.41, 5.74) is 1.24. The Hall–Kier alpha value is -3.48. The number of carbonyl (C=O) groups is 2. The quantitative estimate of drug-likeness (QED) is 0.405. The van der Waals surface area contributed by atoms with E-state index in [1.165, 1.54) is 24.3 Å². The number of rotatable bonds is 9. The molecule has 0 radical (unpaired) electrons. The van der Waals surface area contributed by atoms with Crippen molar-refractivity contribution in [3.05, 3.63) is 65.9 Å². The van der Waals surface area contributed by atoms with Gasteiger partial charge >= 0.3 is 5.97 Å². The number of carbonyl (C=O) groups excluding carboxylic acids is 2. The number of hydrogen-bond acceptors (Lipinski definition) is 6. The number of ketones is 1. The number of aryl methyl sites for hydroxylation is 1. The van der Waals surface area contributed by atoms with E-state index in [4.69, 9.17) is 10.00 Å². The summed E-state index contributed by atoms with van der Waals surface area (Å²) in [6.45, 7) is 1.82. The molecule has 0 unspecified atom stereocenters. The number of nitrogens with zero attached hydrogens (tertiary/aromatic N) is 2. The van der Waals surface area contributed by atoms with Gasteiger partial charge in [-0.2, -0.15) is 5.26 Å². The maximum atomic E-state index is 12.7. The van der Waals surface area contributed by atoms with Crippen molar-refractivity contribution in [2.24, 2.45) is 0 Å². The van der Waals surface area contributed by atoms with Crippen molar-refractivity contribution in [3.8, 4) is 6.07 Å². The largest absolute Gasteiger partial charge is 0.454 e. The average Bonchev–Trinajstić information content (AvgIpc) is 3.14. The van der Waals surface area contributed by atoms with Crippen molar-refractivity contribution in [1.82, 2.24) is 9.29 Å². The Balaban J connectivity index is 1.76. The van der Waals surface area contributed by atoms with Crippen molar-refractivity contribution in [2.75, 3.05) is 13.2 Å². The third-order valence-corrected chi connectivity index (χ3v) is 6.15. The lowest BCUT2D eigenvalue weighted by Crippen LogP contribution is -2.23. The van der Waals surface area contributed by atoms with Crippen LogP contribution < -0.4 is 4.72 Å². The maximum absolute atomic E-state index is 12.7. The molecule has 3 rings (SSSR count). The van der Waals surface area contributed by atoms with E-state index in [2.05, 4.69) is 10.8 Å². The maximum Gasteiger partial charge on any atom is 0.338 e. The highest BCUT2D eigenvalue weighted by atomic mass is 32.2. The Morgan fingerprint density at radius 2 is 1.94 bits per heavy atom. The van der Waals surface area contributed by atoms with Crippen LogP contribution in [0.4, 0.5) is 0 Å². The molecule has 0 atom stereocenters. The molecular weight excluding hydrogens is 418 g/mol. The Morgan fingerprint density at radius 1 is 1.16 bits per heavy atom. The summed E-state index contributed by atoms with van der Waals surface area (Å²) in [5.74, 6) is -1.19. The van der Waals surface area contributed by atoms with Crippen LogP contribution in [0, 0.1) is 11.3 Å². The van der Waals surface area contributed by atoms with Gasteiger partial charge in [0.05, 0.1) is 22.9 Å². The molecule has 1 N–H and O–H groups in total. The second-order valence-electron chi connectivity index (χ2n) is 6.69. The molecule has 0 fully saturated rings. The lowest BCUT2D eigenvalue weighted by Gasteiger charge is -2.07. The Labute approximate surface area is 180 Å². The van der Waals surface area contributed by atoms with Crippen LogP contribution in [-0.4, -0.2) is 37.9 Å². The molecule has 3 aromatic rings. The van der Waals surface area contributed by atoms with Gasteiger partial charge in [0.15, 0.2) is 6.61 Å². The van der Waals surface area contributed by atoms with E-state index < -0.39 is 28.4 Å². The topological polar surface area (TPSA) is 118 Å². The summed E-state index contributed by atoms with van der Waals surface area (Å²) in [6.07, 6.45) is 1.95. The fourth-order valence-electron chi connectivity index (χ4n) is 3.18. The first-order valence-electron chi connectivity index (χ1n) is 9.62. The standard InChI is InChI=1S/C22H21N3O5S/c1-2-24-31(28,29)17-8-5-7-16(13-17)22(27)30-15-21(26)19-14-25(12-6-11-23)20-10-4-3-9-18(19)20/h3-5,7-10,13-14,24H,2,6,12,15H2,1H3. The van der Waals surface area contributed by atoms with Crippen LogP contribution >= 0.6 is 0 Å². The fourth-order valence-corrected chi connectivity index (χ4v) is 4.27. The first kappa shape index (κ1) is 22.2. The van der Waals surface area contributed by atoms with Gasteiger partial charge in [0, 0.05) is 35.8 Å². The van der Waals surface area contributed by atoms with E-state index >= 15 is 0 Å². The molecule has 0 aliphatic heterocycles. The first-order valence-corrected chi connectivity index (χ1v) is 11.1. The van der Waals surface area contributed by atoms with Gasteiger partial charge in [-0.05, 0) is 24.3 Å². The highest BCUT2D eigenvalue weighted by Gasteiger charge is 2.19. The number of Topliss-reactive ketones (excluding diaryl/α,β-unsaturated/α-hetero) is 1. The van der Waals surface area contributed by atoms with Crippen molar-refractivity contribution in [2.45, 2.75) is 24.8 Å². The van der Waals surface area contributed by atoms with Crippen LogP contribution in [0.15, 0.2) is 59.6 Å². The monoisotopic (exact) mass is 439 g/mol. The number of esters is 1. The van der Waals surface area contributed by atoms with Crippen LogP contribution in [0.25, 0.3) is 10.9 Å². The predicted molar refractivity (Wildman–Crippen MR) is 114 cm³/mol. The number of fused-ring (bicyclic) bond motifs is 1. The number of para-hydroxylation sites is 1. The third-order valence-electron chi connectivity index (χ3n) is 4.60. The lowest BCUT2D eigenvalue weighted by molar-refractivity contribution is 0.0475. The SMILES string of the molecule is CCNS(=O)(=O)c1cccc(C(=O)OCC(=O)c2cn(CCC#N)c3ccccc23)c1. The summed E-state index contributed by atoms with van der Waals surface area (Å²) in [7, 11) is -3.72. The lowest BCUT2D eigenvalue weighted by atomic mass is 10.1. The number of sulfonamides is 1. The second kappa shape index (κ2) is 9.55. The molecule has 0 saturated carbocycles. The Kier molecular flexibility index (Phi) is 6.84. The van der Waals surface area contributed by atoms with Crippen LogP contribution in [0.3, 0.4) is 0 Å². The first-order chi connectivity index (χ1) is 14.9. The van der Waals surface area contributed by atoms with E-state index in [9.17, 15) is 18.0 Å². The second-order valence-corrected chi connectivity index (χ2v) is 8.46.